The first kappa shape index (κ1) is 14.1. The highest BCUT2D eigenvalue weighted by Crippen LogP contribution is 2.37. The van der Waals surface area contributed by atoms with E-state index in [0.717, 1.165) is 48.5 Å². The highest BCUT2D eigenvalue weighted by Gasteiger charge is 2.31. The third kappa shape index (κ3) is 2.81. The highest BCUT2D eigenvalue weighted by atomic mass is 16.5. The number of nitrogen functional groups attached to an aromatic ring is 1. The summed E-state index contributed by atoms with van der Waals surface area (Å²) < 4.78 is 7.43. The van der Waals surface area contributed by atoms with Crippen molar-refractivity contribution in [1.82, 2.24) is 9.78 Å². The maximum Gasteiger partial charge on any atom is 0.129 e. The van der Waals surface area contributed by atoms with Gasteiger partial charge >= 0.3 is 0 Å². The zero-order valence-corrected chi connectivity index (χ0v) is 12.7. The van der Waals surface area contributed by atoms with Crippen LogP contribution in [0.2, 0.25) is 0 Å². The Kier molecular flexibility index (Phi) is 3.97. The summed E-state index contributed by atoms with van der Waals surface area (Å²) in [5.74, 6) is 1.41. The van der Waals surface area contributed by atoms with Crippen LogP contribution >= 0.6 is 0 Å². The molecule has 1 heterocycles. The van der Waals surface area contributed by atoms with Crippen LogP contribution < -0.4 is 5.73 Å². The van der Waals surface area contributed by atoms with Gasteiger partial charge in [-0.25, -0.2) is 0 Å². The van der Waals surface area contributed by atoms with Crippen molar-refractivity contribution in [3.63, 3.8) is 0 Å². The lowest BCUT2D eigenvalue weighted by Gasteiger charge is -2.34. The van der Waals surface area contributed by atoms with Gasteiger partial charge in [-0.1, -0.05) is 30.3 Å². The molecule has 0 spiro atoms. The second kappa shape index (κ2) is 5.90. The number of anilines is 1. The summed E-state index contributed by atoms with van der Waals surface area (Å²) in [5, 5.41) is 4.63. The van der Waals surface area contributed by atoms with Gasteiger partial charge in [-0.2, -0.15) is 5.10 Å². The number of rotatable bonds is 5. The van der Waals surface area contributed by atoms with Crippen LogP contribution in [0.4, 0.5) is 5.82 Å². The minimum Gasteiger partial charge on any atom is -0.383 e. The highest BCUT2D eigenvalue weighted by molar-refractivity contribution is 5.76. The summed E-state index contributed by atoms with van der Waals surface area (Å²) in [5.41, 5.74) is 9.58. The first-order valence-electron chi connectivity index (χ1n) is 7.67. The quantitative estimate of drug-likeness (QED) is 0.918. The predicted octanol–water partition coefficient (Wildman–Crippen LogP) is 3.03. The maximum atomic E-state index is 6.22. The van der Waals surface area contributed by atoms with E-state index in [-0.39, 0.29) is 0 Å². The molecule has 2 N–H and O–H groups in total. The minimum atomic E-state index is 0.446. The van der Waals surface area contributed by atoms with Crippen LogP contribution in [-0.2, 0) is 18.2 Å². The zero-order valence-electron chi connectivity index (χ0n) is 12.7. The molecule has 0 radical (unpaired) electrons. The van der Waals surface area contributed by atoms with Crippen LogP contribution in [0.15, 0.2) is 30.3 Å². The van der Waals surface area contributed by atoms with E-state index in [1.807, 2.05) is 25.2 Å². The molecule has 3 rings (SSSR count). The van der Waals surface area contributed by atoms with Gasteiger partial charge in [-0.05, 0) is 37.7 Å². The van der Waals surface area contributed by atoms with E-state index in [0.29, 0.717) is 12.0 Å². The Morgan fingerprint density at radius 1 is 1.29 bits per heavy atom. The van der Waals surface area contributed by atoms with Gasteiger partial charge in [0.1, 0.15) is 5.82 Å². The third-order valence-electron chi connectivity index (χ3n) is 4.30. The van der Waals surface area contributed by atoms with Crippen molar-refractivity contribution in [1.29, 1.82) is 0 Å². The van der Waals surface area contributed by atoms with Crippen molar-refractivity contribution in [3.8, 4) is 11.1 Å². The molecule has 4 heteroatoms. The van der Waals surface area contributed by atoms with Crippen molar-refractivity contribution in [2.45, 2.75) is 32.3 Å². The molecule has 0 aliphatic heterocycles. The van der Waals surface area contributed by atoms with Crippen molar-refractivity contribution >= 4 is 5.82 Å². The number of nitrogens with zero attached hydrogens (tertiary/aromatic N) is 2. The van der Waals surface area contributed by atoms with Crippen LogP contribution in [0.25, 0.3) is 11.1 Å². The van der Waals surface area contributed by atoms with Crippen molar-refractivity contribution in [3.05, 3.63) is 36.0 Å². The SMILES string of the molecule is CCOC1CC(Cc2nn(C)c(N)c2-c2ccccc2)C1. The summed E-state index contributed by atoms with van der Waals surface area (Å²) in [6.45, 7) is 2.86. The van der Waals surface area contributed by atoms with Crippen LogP contribution in [-0.4, -0.2) is 22.5 Å². The zero-order chi connectivity index (χ0) is 14.8. The molecule has 21 heavy (non-hydrogen) atoms. The fourth-order valence-electron chi connectivity index (χ4n) is 3.14. The second-order valence-corrected chi connectivity index (χ2v) is 5.82. The summed E-state index contributed by atoms with van der Waals surface area (Å²) in [4.78, 5) is 0. The lowest BCUT2D eigenvalue weighted by atomic mass is 9.78. The van der Waals surface area contributed by atoms with E-state index in [9.17, 15) is 0 Å². The summed E-state index contributed by atoms with van der Waals surface area (Å²) in [6, 6.07) is 10.3. The third-order valence-corrected chi connectivity index (χ3v) is 4.30. The maximum absolute atomic E-state index is 6.22. The molecule has 1 fully saturated rings. The Labute approximate surface area is 125 Å². The first-order chi connectivity index (χ1) is 10.2. The normalized spacial score (nSPS) is 21.2. The van der Waals surface area contributed by atoms with Gasteiger partial charge in [0.15, 0.2) is 0 Å². The summed E-state index contributed by atoms with van der Waals surface area (Å²) in [6.07, 6.45) is 3.71. The van der Waals surface area contributed by atoms with Crippen LogP contribution in [0, 0.1) is 5.92 Å². The predicted molar refractivity (Wildman–Crippen MR) is 84.9 cm³/mol. The first-order valence-corrected chi connectivity index (χ1v) is 7.67. The van der Waals surface area contributed by atoms with Crippen molar-refractivity contribution in [2.75, 3.05) is 12.3 Å². The lowest BCUT2D eigenvalue weighted by Crippen LogP contribution is -2.32. The number of aryl methyl sites for hydroxylation is 1. The Morgan fingerprint density at radius 3 is 2.67 bits per heavy atom. The Hall–Kier alpha value is -1.81. The molecular formula is C17H23N3O. The minimum absolute atomic E-state index is 0.446. The molecule has 0 unspecified atom stereocenters. The van der Waals surface area contributed by atoms with E-state index in [1.165, 1.54) is 0 Å². The molecule has 1 saturated carbocycles. The van der Waals surface area contributed by atoms with E-state index in [2.05, 4.69) is 24.2 Å². The molecule has 1 aliphatic carbocycles. The van der Waals surface area contributed by atoms with Gasteiger partial charge in [-0.15, -0.1) is 0 Å². The second-order valence-electron chi connectivity index (χ2n) is 5.82. The molecular weight excluding hydrogens is 262 g/mol. The smallest absolute Gasteiger partial charge is 0.129 e. The molecule has 1 aromatic carbocycles. The summed E-state index contributed by atoms with van der Waals surface area (Å²) >= 11 is 0. The van der Waals surface area contributed by atoms with Crippen molar-refractivity contribution in [2.24, 2.45) is 13.0 Å². The monoisotopic (exact) mass is 285 g/mol. The van der Waals surface area contributed by atoms with Gasteiger partial charge in [-0.3, -0.25) is 4.68 Å². The fraction of sp³-hybridized carbons (Fsp3) is 0.471. The van der Waals surface area contributed by atoms with Gasteiger partial charge in [0.05, 0.1) is 11.8 Å². The van der Waals surface area contributed by atoms with Crippen LogP contribution in [0.5, 0.6) is 0 Å². The molecule has 1 aliphatic rings. The largest absolute Gasteiger partial charge is 0.383 e. The molecule has 0 bridgehead atoms. The molecule has 0 amide bonds. The summed E-state index contributed by atoms with van der Waals surface area (Å²) in [7, 11) is 1.91. The average Bonchev–Trinajstić information content (AvgIpc) is 2.73. The Bertz CT molecular complexity index is 600. The molecule has 2 aromatic rings. The van der Waals surface area contributed by atoms with Crippen LogP contribution in [0.1, 0.15) is 25.5 Å². The molecule has 0 saturated heterocycles. The van der Waals surface area contributed by atoms with Gasteiger partial charge < -0.3 is 10.5 Å². The number of hydrogen-bond acceptors (Lipinski definition) is 3. The number of nitrogens with two attached hydrogens (primary N) is 1. The molecule has 112 valence electrons. The van der Waals surface area contributed by atoms with Crippen LogP contribution in [0.3, 0.4) is 0 Å². The van der Waals surface area contributed by atoms with E-state index >= 15 is 0 Å². The standard InChI is InChI=1S/C17H23N3O/c1-3-21-14-9-12(10-14)11-15-16(17(18)20(2)19-15)13-7-5-4-6-8-13/h4-8,12,14H,3,9-11,18H2,1-2H3. The van der Waals surface area contributed by atoms with E-state index in [4.69, 9.17) is 10.5 Å². The molecule has 1 aromatic heterocycles. The van der Waals surface area contributed by atoms with E-state index < -0.39 is 0 Å². The van der Waals surface area contributed by atoms with Gasteiger partial charge in [0.2, 0.25) is 0 Å². The van der Waals surface area contributed by atoms with Gasteiger partial charge in [0, 0.05) is 19.2 Å². The Morgan fingerprint density at radius 2 is 2.00 bits per heavy atom. The fourth-order valence-corrected chi connectivity index (χ4v) is 3.14. The number of hydrogen-bond donors (Lipinski definition) is 1. The topological polar surface area (TPSA) is 53.1 Å². The Balaban J connectivity index is 1.79. The number of aromatic nitrogens is 2. The lowest BCUT2D eigenvalue weighted by molar-refractivity contribution is -0.0242. The average molecular weight is 285 g/mol. The molecule has 4 nitrogen and oxygen atoms in total. The van der Waals surface area contributed by atoms with E-state index in [1.54, 1.807) is 4.68 Å². The van der Waals surface area contributed by atoms with Crippen molar-refractivity contribution < 1.29 is 4.74 Å². The molecule has 0 atom stereocenters. The number of ether oxygens (including phenoxy) is 1. The van der Waals surface area contributed by atoms with Gasteiger partial charge in [0.25, 0.3) is 0 Å². The number of benzene rings is 1.